The molecule has 2 aromatic rings. The Hall–Kier alpha value is -2.50. The fourth-order valence-corrected chi connectivity index (χ4v) is 3.05. The minimum Gasteiger partial charge on any atom is -0.346 e. The molecule has 1 fully saturated rings. The number of hydrogen-bond donors (Lipinski definition) is 1. The first-order valence-corrected chi connectivity index (χ1v) is 8.54. The molecule has 0 radical (unpaired) electrons. The van der Waals surface area contributed by atoms with Crippen molar-refractivity contribution in [1.29, 1.82) is 0 Å². The van der Waals surface area contributed by atoms with Gasteiger partial charge in [0.2, 0.25) is 5.95 Å². The first-order chi connectivity index (χ1) is 11.8. The summed E-state index contributed by atoms with van der Waals surface area (Å²) >= 11 is 0. The molecule has 0 saturated carbocycles. The predicted octanol–water partition coefficient (Wildman–Crippen LogP) is 2.57. The Bertz CT molecular complexity index is 659. The van der Waals surface area contributed by atoms with E-state index in [0.29, 0.717) is 18.2 Å². The average Bonchev–Trinajstić information content (AvgIpc) is 2.67. The molecule has 3 rings (SSSR count). The van der Waals surface area contributed by atoms with Crippen LogP contribution in [0.25, 0.3) is 0 Å². The van der Waals surface area contributed by atoms with Crippen LogP contribution in [0.2, 0.25) is 0 Å². The average molecular weight is 325 g/mol. The summed E-state index contributed by atoms with van der Waals surface area (Å²) < 4.78 is 0. The number of nitrogens with one attached hydrogen (secondary N) is 1. The third-order valence-electron chi connectivity index (χ3n) is 4.41. The Balaban J connectivity index is 1.62. The maximum absolute atomic E-state index is 12.2. The molecule has 1 atom stereocenters. The molecule has 0 spiro atoms. The van der Waals surface area contributed by atoms with E-state index in [1.807, 2.05) is 18.2 Å². The van der Waals surface area contributed by atoms with Gasteiger partial charge in [0, 0.05) is 31.2 Å². The summed E-state index contributed by atoms with van der Waals surface area (Å²) in [4.78, 5) is 27.5. The zero-order valence-corrected chi connectivity index (χ0v) is 14.0. The molecule has 1 N–H and O–H groups in total. The van der Waals surface area contributed by atoms with Gasteiger partial charge >= 0.3 is 0 Å². The number of nitrogens with zero attached hydrogens (tertiary/aromatic N) is 4. The van der Waals surface area contributed by atoms with Gasteiger partial charge in [-0.25, -0.2) is 9.97 Å². The van der Waals surface area contributed by atoms with Crippen LogP contribution in [0.1, 0.15) is 48.7 Å². The SMILES string of the molecule is CCC1CCCCN1c1ncc(C(=O)NCc2ccccn2)cn1. The lowest BCUT2D eigenvalue weighted by Crippen LogP contribution is -2.40. The molecule has 0 aliphatic carbocycles. The fraction of sp³-hybridized carbons (Fsp3) is 0.444. The smallest absolute Gasteiger partial charge is 0.254 e. The topological polar surface area (TPSA) is 71.0 Å². The minimum atomic E-state index is -0.183. The van der Waals surface area contributed by atoms with Crippen LogP contribution in [0.4, 0.5) is 5.95 Å². The molecule has 3 heterocycles. The molecule has 1 unspecified atom stereocenters. The zero-order valence-electron chi connectivity index (χ0n) is 14.0. The van der Waals surface area contributed by atoms with Gasteiger partial charge in [-0.15, -0.1) is 0 Å². The number of hydrogen-bond acceptors (Lipinski definition) is 5. The summed E-state index contributed by atoms with van der Waals surface area (Å²) in [5.74, 6) is 0.542. The van der Waals surface area contributed by atoms with E-state index >= 15 is 0 Å². The molecule has 1 saturated heterocycles. The molecule has 24 heavy (non-hydrogen) atoms. The number of carbonyl (C=O) groups is 1. The van der Waals surface area contributed by atoms with Crippen LogP contribution in [0, 0.1) is 0 Å². The molecular formula is C18H23N5O. The van der Waals surface area contributed by atoms with E-state index < -0.39 is 0 Å². The Morgan fingerprint density at radius 3 is 2.79 bits per heavy atom. The van der Waals surface area contributed by atoms with Gasteiger partial charge < -0.3 is 10.2 Å². The van der Waals surface area contributed by atoms with Gasteiger partial charge in [0.25, 0.3) is 5.91 Å². The van der Waals surface area contributed by atoms with E-state index in [0.717, 1.165) is 24.6 Å². The van der Waals surface area contributed by atoms with Crippen molar-refractivity contribution in [2.45, 2.75) is 45.2 Å². The first kappa shape index (κ1) is 16.4. The molecule has 6 nitrogen and oxygen atoms in total. The largest absolute Gasteiger partial charge is 0.346 e. The Morgan fingerprint density at radius 1 is 1.25 bits per heavy atom. The number of aromatic nitrogens is 3. The fourth-order valence-electron chi connectivity index (χ4n) is 3.05. The normalized spacial score (nSPS) is 17.5. The molecule has 0 bridgehead atoms. The van der Waals surface area contributed by atoms with Crippen LogP contribution < -0.4 is 10.2 Å². The Labute approximate surface area is 142 Å². The Kier molecular flexibility index (Phi) is 5.36. The third-order valence-corrected chi connectivity index (χ3v) is 4.41. The maximum atomic E-state index is 12.2. The molecule has 1 aliphatic rings. The van der Waals surface area contributed by atoms with Crippen LogP contribution in [-0.2, 0) is 6.54 Å². The van der Waals surface area contributed by atoms with E-state index in [-0.39, 0.29) is 5.91 Å². The van der Waals surface area contributed by atoms with E-state index in [4.69, 9.17) is 0 Å². The predicted molar refractivity (Wildman–Crippen MR) is 92.7 cm³/mol. The van der Waals surface area contributed by atoms with Crippen molar-refractivity contribution in [3.05, 3.63) is 48.0 Å². The summed E-state index contributed by atoms with van der Waals surface area (Å²) in [5.41, 5.74) is 1.29. The molecule has 2 aromatic heterocycles. The lowest BCUT2D eigenvalue weighted by Gasteiger charge is -2.35. The highest BCUT2D eigenvalue weighted by molar-refractivity contribution is 5.93. The highest BCUT2D eigenvalue weighted by Crippen LogP contribution is 2.23. The number of anilines is 1. The molecule has 126 valence electrons. The van der Waals surface area contributed by atoms with Crippen molar-refractivity contribution in [3.8, 4) is 0 Å². The van der Waals surface area contributed by atoms with Crippen LogP contribution >= 0.6 is 0 Å². The molecule has 6 heteroatoms. The monoisotopic (exact) mass is 325 g/mol. The van der Waals surface area contributed by atoms with E-state index in [1.54, 1.807) is 18.6 Å². The summed E-state index contributed by atoms with van der Waals surface area (Å²) in [6, 6.07) is 6.13. The minimum absolute atomic E-state index is 0.183. The van der Waals surface area contributed by atoms with Gasteiger partial charge in [-0.05, 0) is 37.8 Å². The van der Waals surface area contributed by atoms with Crippen molar-refractivity contribution in [2.75, 3.05) is 11.4 Å². The number of piperidine rings is 1. The van der Waals surface area contributed by atoms with Crippen molar-refractivity contribution in [1.82, 2.24) is 20.3 Å². The van der Waals surface area contributed by atoms with Gasteiger partial charge in [-0.2, -0.15) is 0 Å². The van der Waals surface area contributed by atoms with Crippen molar-refractivity contribution < 1.29 is 4.79 Å². The van der Waals surface area contributed by atoms with Gasteiger partial charge in [-0.1, -0.05) is 13.0 Å². The van der Waals surface area contributed by atoms with Crippen LogP contribution in [-0.4, -0.2) is 33.4 Å². The van der Waals surface area contributed by atoms with Crippen LogP contribution in [0.3, 0.4) is 0 Å². The molecule has 1 aliphatic heterocycles. The molecular weight excluding hydrogens is 302 g/mol. The van der Waals surface area contributed by atoms with Gasteiger partial charge in [0.1, 0.15) is 0 Å². The second kappa shape index (κ2) is 7.86. The summed E-state index contributed by atoms with van der Waals surface area (Å²) in [5, 5.41) is 2.84. The summed E-state index contributed by atoms with van der Waals surface area (Å²) in [7, 11) is 0. The summed E-state index contributed by atoms with van der Waals surface area (Å²) in [6.45, 7) is 3.58. The van der Waals surface area contributed by atoms with Crippen LogP contribution in [0.15, 0.2) is 36.8 Å². The van der Waals surface area contributed by atoms with Crippen molar-refractivity contribution >= 4 is 11.9 Å². The van der Waals surface area contributed by atoms with E-state index in [9.17, 15) is 4.79 Å². The second-order valence-electron chi connectivity index (χ2n) is 6.03. The van der Waals surface area contributed by atoms with Gasteiger partial charge in [-0.3, -0.25) is 9.78 Å². The van der Waals surface area contributed by atoms with Gasteiger partial charge in [0.05, 0.1) is 17.8 Å². The lowest BCUT2D eigenvalue weighted by molar-refractivity contribution is 0.0949. The zero-order chi connectivity index (χ0) is 16.8. The quantitative estimate of drug-likeness (QED) is 0.915. The standard InChI is InChI=1S/C18H23N5O/c1-2-16-8-4-6-10-23(16)18-21-11-14(12-22-18)17(24)20-13-15-7-3-5-9-19-15/h3,5,7,9,11-12,16H,2,4,6,8,10,13H2,1H3,(H,20,24). The van der Waals surface area contributed by atoms with E-state index in [1.165, 1.54) is 19.3 Å². The lowest BCUT2D eigenvalue weighted by atomic mass is 10.0. The highest BCUT2D eigenvalue weighted by atomic mass is 16.1. The van der Waals surface area contributed by atoms with E-state index in [2.05, 4.69) is 32.1 Å². The van der Waals surface area contributed by atoms with Crippen LogP contribution in [0.5, 0.6) is 0 Å². The third kappa shape index (κ3) is 3.88. The second-order valence-corrected chi connectivity index (χ2v) is 6.03. The van der Waals surface area contributed by atoms with Gasteiger partial charge in [0.15, 0.2) is 0 Å². The molecule has 0 aromatic carbocycles. The van der Waals surface area contributed by atoms with Crippen molar-refractivity contribution in [2.24, 2.45) is 0 Å². The number of pyridine rings is 1. The summed E-state index contributed by atoms with van der Waals surface area (Å²) in [6.07, 6.45) is 9.65. The van der Waals surface area contributed by atoms with Crippen molar-refractivity contribution in [3.63, 3.8) is 0 Å². The molecule has 1 amide bonds. The number of rotatable bonds is 5. The number of carbonyl (C=O) groups excluding carboxylic acids is 1. The maximum Gasteiger partial charge on any atom is 0.254 e. The number of amides is 1. The highest BCUT2D eigenvalue weighted by Gasteiger charge is 2.23. The Morgan fingerprint density at radius 2 is 2.08 bits per heavy atom. The first-order valence-electron chi connectivity index (χ1n) is 8.54.